The first-order chi connectivity index (χ1) is 17.2. The molecule has 12 heteroatoms. The number of fused-ring (bicyclic) bond motifs is 1. The molecule has 1 aliphatic heterocycles. The zero-order chi connectivity index (χ0) is 26.0. The van der Waals surface area contributed by atoms with E-state index in [0.717, 1.165) is 17.0 Å². The fourth-order valence-corrected chi connectivity index (χ4v) is 4.78. The van der Waals surface area contributed by atoms with Crippen LogP contribution < -0.4 is 20.1 Å². The molecule has 1 fully saturated rings. The van der Waals surface area contributed by atoms with Gasteiger partial charge in [0.1, 0.15) is 11.5 Å². The highest BCUT2D eigenvalue weighted by Crippen LogP contribution is 2.46. The van der Waals surface area contributed by atoms with Crippen LogP contribution in [0, 0.1) is 0 Å². The Bertz CT molecular complexity index is 1320. The maximum Gasteiger partial charge on any atom is 0.407 e. The van der Waals surface area contributed by atoms with E-state index < -0.39 is 24.1 Å². The number of aromatic nitrogens is 2. The van der Waals surface area contributed by atoms with Gasteiger partial charge in [-0.15, -0.1) is 0 Å². The van der Waals surface area contributed by atoms with E-state index in [1.807, 2.05) is 12.1 Å². The Kier molecular flexibility index (Phi) is 7.37. The molecule has 1 saturated heterocycles. The molecule has 10 nitrogen and oxygen atoms in total. The molecule has 1 aromatic heterocycles. The molecule has 3 N–H and O–H groups in total. The molecule has 2 atom stereocenters. The van der Waals surface area contributed by atoms with E-state index in [4.69, 9.17) is 32.7 Å². The lowest BCUT2D eigenvalue weighted by Gasteiger charge is -2.20. The lowest BCUT2D eigenvalue weighted by molar-refractivity contribution is -0.117. The number of carboxylic acid groups (broad SMARTS) is 1. The Labute approximate surface area is 216 Å². The number of amides is 2. The van der Waals surface area contributed by atoms with Gasteiger partial charge in [-0.3, -0.25) is 4.79 Å². The number of hydrogen-bond acceptors (Lipinski definition) is 7. The lowest BCUT2D eigenvalue weighted by atomic mass is 10.0. The number of rotatable bonds is 7. The highest BCUT2D eigenvalue weighted by Gasteiger charge is 2.36. The van der Waals surface area contributed by atoms with Gasteiger partial charge in [-0.2, -0.15) is 0 Å². The predicted molar refractivity (Wildman–Crippen MR) is 137 cm³/mol. The summed E-state index contributed by atoms with van der Waals surface area (Å²) in [6.07, 6.45) is 1.70. The Hall–Kier alpha value is -3.76. The van der Waals surface area contributed by atoms with Crippen molar-refractivity contribution < 1.29 is 24.2 Å². The van der Waals surface area contributed by atoms with Crippen LogP contribution in [-0.2, 0) is 4.79 Å². The summed E-state index contributed by atoms with van der Waals surface area (Å²) in [5, 5.41) is 16.7. The van der Waals surface area contributed by atoms with Crippen molar-refractivity contribution in [3.63, 3.8) is 0 Å². The third kappa shape index (κ3) is 4.95. The van der Waals surface area contributed by atoms with Crippen LogP contribution in [0.5, 0.6) is 11.5 Å². The van der Waals surface area contributed by atoms with Gasteiger partial charge in [0, 0.05) is 36.3 Å². The van der Waals surface area contributed by atoms with Crippen LogP contribution in [0.15, 0.2) is 43.1 Å². The summed E-state index contributed by atoms with van der Waals surface area (Å²) in [4.78, 5) is 33.4. The summed E-state index contributed by atoms with van der Waals surface area (Å²) in [6.45, 7) is 3.73. The highest BCUT2D eigenvalue weighted by molar-refractivity contribution is 6.41. The number of anilines is 1. The van der Waals surface area contributed by atoms with Crippen molar-refractivity contribution >= 4 is 52.1 Å². The normalized spacial score (nSPS) is 17.1. The zero-order valence-corrected chi connectivity index (χ0v) is 20.9. The fourth-order valence-electron chi connectivity index (χ4n) is 4.06. The molecule has 0 aliphatic carbocycles. The van der Waals surface area contributed by atoms with Gasteiger partial charge < -0.3 is 30.1 Å². The Balaban J connectivity index is 1.64. The summed E-state index contributed by atoms with van der Waals surface area (Å²) in [7, 11) is 3.02. The van der Waals surface area contributed by atoms with E-state index in [1.165, 1.54) is 19.1 Å². The first-order valence-corrected chi connectivity index (χ1v) is 11.6. The van der Waals surface area contributed by atoms with Crippen molar-refractivity contribution in [2.75, 3.05) is 32.6 Å². The molecule has 0 saturated carbocycles. The molecule has 2 aromatic carbocycles. The average Bonchev–Trinajstić information content (AvgIpc) is 3.26. The molecule has 1 aliphatic rings. The van der Waals surface area contributed by atoms with Crippen molar-refractivity contribution in [2.45, 2.75) is 12.1 Å². The second-order valence-corrected chi connectivity index (χ2v) is 8.76. The van der Waals surface area contributed by atoms with Gasteiger partial charge in [-0.25, -0.2) is 14.8 Å². The number of benzene rings is 2. The lowest BCUT2D eigenvalue weighted by Crippen LogP contribution is -2.45. The van der Waals surface area contributed by atoms with Crippen LogP contribution in [0.25, 0.3) is 22.0 Å². The smallest absolute Gasteiger partial charge is 0.407 e. The minimum atomic E-state index is -1.07. The highest BCUT2D eigenvalue weighted by atomic mass is 35.5. The zero-order valence-electron chi connectivity index (χ0n) is 19.4. The Morgan fingerprint density at radius 2 is 1.81 bits per heavy atom. The number of methoxy groups -OCH3 is 2. The number of ether oxygens (including phenoxy) is 2. The quantitative estimate of drug-likeness (QED) is 0.389. The van der Waals surface area contributed by atoms with Gasteiger partial charge in [0.15, 0.2) is 0 Å². The summed E-state index contributed by atoms with van der Waals surface area (Å²) in [5.74, 6) is 0.754. The van der Waals surface area contributed by atoms with Gasteiger partial charge in [-0.1, -0.05) is 35.8 Å². The van der Waals surface area contributed by atoms with E-state index in [1.54, 1.807) is 18.3 Å². The molecule has 2 amide bonds. The van der Waals surface area contributed by atoms with Crippen LogP contribution in [-0.4, -0.2) is 71.4 Å². The fraction of sp³-hybridized carbons (Fsp3) is 0.250. The molecular formula is C24H23Cl2N5O5. The number of carbonyl (C=O) groups is 2. The predicted octanol–water partition coefficient (Wildman–Crippen LogP) is 4.07. The molecular weight excluding hydrogens is 509 g/mol. The van der Waals surface area contributed by atoms with E-state index in [-0.39, 0.29) is 13.1 Å². The summed E-state index contributed by atoms with van der Waals surface area (Å²) in [5.41, 5.74) is 1.91. The number of likely N-dealkylation sites (tertiary alicyclic amines) is 1. The van der Waals surface area contributed by atoms with E-state index in [0.29, 0.717) is 38.6 Å². The van der Waals surface area contributed by atoms with Gasteiger partial charge in [0.05, 0.1) is 41.9 Å². The SMILES string of the molecule is C=CC(=O)N[C@H]1CN(C(=O)O)C[C@H]1Nc1ncc2cc(-c3c(Cl)c(OC)cc(OC)c3Cl)ccc2n1. The van der Waals surface area contributed by atoms with E-state index in [9.17, 15) is 14.7 Å². The summed E-state index contributed by atoms with van der Waals surface area (Å²) < 4.78 is 10.7. The molecule has 36 heavy (non-hydrogen) atoms. The maximum atomic E-state index is 11.8. The number of nitrogens with one attached hydrogen (secondary N) is 2. The van der Waals surface area contributed by atoms with E-state index >= 15 is 0 Å². The molecule has 0 bridgehead atoms. The molecule has 2 heterocycles. The molecule has 3 aromatic rings. The minimum absolute atomic E-state index is 0.134. The van der Waals surface area contributed by atoms with Crippen molar-refractivity contribution in [2.24, 2.45) is 0 Å². The molecule has 188 valence electrons. The van der Waals surface area contributed by atoms with Gasteiger partial charge >= 0.3 is 6.09 Å². The van der Waals surface area contributed by atoms with Crippen molar-refractivity contribution in [1.29, 1.82) is 0 Å². The van der Waals surface area contributed by atoms with Crippen molar-refractivity contribution in [3.05, 3.63) is 53.2 Å². The number of nitrogens with zero attached hydrogens (tertiary/aromatic N) is 3. The molecule has 0 spiro atoms. The topological polar surface area (TPSA) is 126 Å². The van der Waals surface area contributed by atoms with Crippen molar-refractivity contribution in [3.8, 4) is 22.6 Å². The average molecular weight is 532 g/mol. The van der Waals surface area contributed by atoms with Crippen LogP contribution in [0.1, 0.15) is 0 Å². The standard InChI is InChI=1S/C24H23Cl2N5O5/c1-4-19(32)28-15-10-31(24(33)34)11-16(15)30-23-27-9-13-7-12(5-6-14(13)29-23)20-21(25)17(35-2)8-18(36-3)22(20)26/h4-9,15-16H,1,10-11H2,2-3H3,(H,28,32)(H,33,34)(H,27,29,30)/t15-,16+/m0/s1. The van der Waals surface area contributed by atoms with Gasteiger partial charge in [-0.05, 0) is 23.8 Å². The van der Waals surface area contributed by atoms with Gasteiger partial charge in [0.25, 0.3) is 0 Å². The van der Waals surface area contributed by atoms with Crippen LogP contribution in [0.3, 0.4) is 0 Å². The second kappa shape index (κ2) is 10.5. The largest absolute Gasteiger partial charge is 0.495 e. The number of hydrogen-bond donors (Lipinski definition) is 3. The first kappa shape index (κ1) is 25.3. The third-order valence-electron chi connectivity index (χ3n) is 5.86. The molecule has 0 radical (unpaired) electrons. The molecule has 4 rings (SSSR count). The number of halogens is 2. The summed E-state index contributed by atoms with van der Waals surface area (Å²) >= 11 is 13.1. The van der Waals surface area contributed by atoms with E-state index in [2.05, 4.69) is 27.2 Å². The third-order valence-corrected chi connectivity index (χ3v) is 6.61. The Morgan fingerprint density at radius 1 is 1.14 bits per heavy atom. The summed E-state index contributed by atoms with van der Waals surface area (Å²) in [6, 6.07) is 6.19. The second-order valence-electron chi connectivity index (χ2n) is 8.01. The van der Waals surface area contributed by atoms with Crippen LogP contribution in [0.4, 0.5) is 10.7 Å². The van der Waals surface area contributed by atoms with Crippen LogP contribution >= 0.6 is 23.2 Å². The Morgan fingerprint density at radius 3 is 2.42 bits per heavy atom. The maximum absolute atomic E-state index is 11.8. The monoisotopic (exact) mass is 531 g/mol. The van der Waals surface area contributed by atoms with Crippen LogP contribution in [0.2, 0.25) is 10.0 Å². The van der Waals surface area contributed by atoms with Crippen molar-refractivity contribution in [1.82, 2.24) is 20.2 Å². The first-order valence-electron chi connectivity index (χ1n) is 10.8. The molecule has 0 unspecified atom stereocenters. The minimum Gasteiger partial charge on any atom is -0.495 e. The number of carbonyl (C=O) groups excluding carboxylic acids is 1. The van der Waals surface area contributed by atoms with Gasteiger partial charge in [0.2, 0.25) is 11.9 Å².